The standard InChI is InChI=1S/2C7H5N.2BF4/c2*8-6-7-4-2-1-3-5-7;2*2-1(3,4)5/h2*1-5H;;/q;;2*-1. The van der Waals surface area contributed by atoms with Crippen LogP contribution in [-0.2, 0) is 0 Å². The Kier molecular flexibility index (Phi) is 12.9. The van der Waals surface area contributed by atoms with Crippen LogP contribution in [0.3, 0.4) is 0 Å². The molecule has 0 fully saturated rings. The molecule has 0 aliphatic heterocycles. The first-order valence-corrected chi connectivity index (χ1v) is 6.51. The van der Waals surface area contributed by atoms with E-state index in [0.717, 1.165) is 0 Å². The van der Waals surface area contributed by atoms with Crippen LogP contribution in [0.5, 0.6) is 0 Å². The predicted octanol–water partition coefficient (Wildman–Crippen LogP) is 5.72. The lowest BCUT2D eigenvalue weighted by Crippen LogP contribution is -2.02. The summed E-state index contributed by atoms with van der Waals surface area (Å²) in [6.45, 7) is 0. The van der Waals surface area contributed by atoms with Crippen molar-refractivity contribution < 1.29 is 34.5 Å². The number of rotatable bonds is 0. The summed E-state index contributed by atoms with van der Waals surface area (Å²) in [6, 6.07) is 22.3. The van der Waals surface area contributed by atoms with E-state index in [4.69, 9.17) is 10.5 Å². The molecule has 0 atom stereocenters. The molecule has 26 heavy (non-hydrogen) atoms. The quantitative estimate of drug-likeness (QED) is 0.434. The van der Waals surface area contributed by atoms with E-state index in [1.54, 1.807) is 24.3 Å². The third kappa shape index (κ3) is 29.1. The molecular weight excluding hydrogens is 370 g/mol. The van der Waals surface area contributed by atoms with Gasteiger partial charge in [0.25, 0.3) is 0 Å². The molecule has 0 aliphatic rings. The maximum Gasteiger partial charge on any atom is 0.673 e. The van der Waals surface area contributed by atoms with Crippen molar-refractivity contribution in [3.8, 4) is 12.1 Å². The maximum absolute atomic E-state index is 9.75. The summed E-state index contributed by atoms with van der Waals surface area (Å²) in [7, 11) is -12.0. The summed E-state index contributed by atoms with van der Waals surface area (Å²) in [4.78, 5) is 0. The topological polar surface area (TPSA) is 47.6 Å². The minimum atomic E-state index is -6.00. The monoisotopic (exact) mass is 380 g/mol. The molecule has 0 spiro atoms. The van der Waals surface area contributed by atoms with Crippen molar-refractivity contribution in [2.24, 2.45) is 0 Å². The molecule has 2 aromatic carbocycles. The van der Waals surface area contributed by atoms with E-state index in [2.05, 4.69) is 0 Å². The van der Waals surface area contributed by atoms with Crippen LogP contribution in [0.15, 0.2) is 60.7 Å². The second-order valence-electron chi connectivity index (χ2n) is 3.95. The molecule has 2 aromatic rings. The summed E-state index contributed by atoms with van der Waals surface area (Å²) >= 11 is 0. The van der Waals surface area contributed by atoms with Gasteiger partial charge >= 0.3 is 14.5 Å². The van der Waals surface area contributed by atoms with Crippen LogP contribution in [0.1, 0.15) is 11.1 Å². The fraction of sp³-hybridized carbons (Fsp3) is 0. The molecule has 0 aromatic heterocycles. The number of benzene rings is 2. The Balaban J connectivity index is 0. The molecule has 0 bridgehead atoms. The van der Waals surface area contributed by atoms with Gasteiger partial charge in [0.15, 0.2) is 0 Å². The van der Waals surface area contributed by atoms with E-state index in [0.29, 0.717) is 11.1 Å². The van der Waals surface area contributed by atoms with E-state index in [9.17, 15) is 34.5 Å². The van der Waals surface area contributed by atoms with Gasteiger partial charge in [0.1, 0.15) is 0 Å². The average Bonchev–Trinajstić information content (AvgIpc) is 2.54. The number of hydrogen-bond donors (Lipinski definition) is 0. The summed E-state index contributed by atoms with van der Waals surface area (Å²) in [5.41, 5.74) is 1.43. The fourth-order valence-corrected chi connectivity index (χ4v) is 1.03. The normalized spacial score (nSPS) is 9.46. The minimum absolute atomic E-state index is 0.715. The fourth-order valence-electron chi connectivity index (χ4n) is 1.03. The molecular formula is C14H10B2F8N2-2. The smallest absolute Gasteiger partial charge is 0.418 e. The van der Waals surface area contributed by atoms with E-state index in [1.807, 2.05) is 48.5 Å². The molecule has 0 aliphatic carbocycles. The summed E-state index contributed by atoms with van der Waals surface area (Å²) in [5.74, 6) is 0. The van der Waals surface area contributed by atoms with Crippen molar-refractivity contribution in [2.45, 2.75) is 0 Å². The number of hydrogen-bond acceptors (Lipinski definition) is 2. The van der Waals surface area contributed by atoms with Crippen molar-refractivity contribution in [2.75, 3.05) is 0 Å². The Morgan fingerprint density at radius 3 is 0.808 bits per heavy atom. The van der Waals surface area contributed by atoms with Crippen molar-refractivity contribution in [1.82, 2.24) is 0 Å². The molecule has 0 radical (unpaired) electrons. The highest BCUT2D eigenvalue weighted by Crippen LogP contribution is 2.07. The number of nitrogens with zero attached hydrogens (tertiary/aromatic N) is 2. The summed E-state index contributed by atoms with van der Waals surface area (Å²) < 4.78 is 78.0. The van der Waals surface area contributed by atoms with Gasteiger partial charge in [-0.2, -0.15) is 10.5 Å². The van der Waals surface area contributed by atoms with Crippen molar-refractivity contribution >= 4 is 14.5 Å². The Labute approximate surface area is 144 Å². The molecule has 0 unspecified atom stereocenters. The second-order valence-corrected chi connectivity index (χ2v) is 3.95. The molecule has 140 valence electrons. The zero-order valence-corrected chi connectivity index (χ0v) is 12.8. The first kappa shape index (κ1) is 25.2. The highest BCUT2D eigenvalue weighted by atomic mass is 19.5. The Morgan fingerprint density at radius 2 is 0.692 bits per heavy atom. The van der Waals surface area contributed by atoms with Crippen molar-refractivity contribution in [3.63, 3.8) is 0 Å². The zero-order valence-electron chi connectivity index (χ0n) is 12.8. The Morgan fingerprint density at radius 1 is 0.500 bits per heavy atom. The van der Waals surface area contributed by atoms with Gasteiger partial charge in [-0.3, -0.25) is 0 Å². The molecule has 2 rings (SSSR count). The second kappa shape index (κ2) is 13.3. The third-order valence-corrected chi connectivity index (χ3v) is 1.81. The van der Waals surface area contributed by atoms with Crippen LogP contribution in [0.25, 0.3) is 0 Å². The largest absolute Gasteiger partial charge is 0.673 e. The van der Waals surface area contributed by atoms with Gasteiger partial charge < -0.3 is 34.5 Å². The molecule has 12 heteroatoms. The van der Waals surface area contributed by atoms with E-state index in [-0.39, 0.29) is 0 Å². The minimum Gasteiger partial charge on any atom is -0.418 e. The van der Waals surface area contributed by atoms with Crippen molar-refractivity contribution in [1.29, 1.82) is 10.5 Å². The van der Waals surface area contributed by atoms with E-state index < -0.39 is 14.5 Å². The highest BCUT2D eigenvalue weighted by molar-refractivity contribution is 6.50. The molecule has 0 heterocycles. The van der Waals surface area contributed by atoms with Crippen LogP contribution in [0.4, 0.5) is 34.5 Å². The van der Waals surface area contributed by atoms with Crippen molar-refractivity contribution in [3.05, 3.63) is 71.8 Å². The number of halogens is 8. The van der Waals surface area contributed by atoms with E-state index in [1.165, 1.54) is 0 Å². The van der Waals surface area contributed by atoms with Gasteiger partial charge in [0.2, 0.25) is 0 Å². The first-order valence-electron chi connectivity index (χ1n) is 6.51. The predicted molar refractivity (Wildman–Crippen MR) is 82.7 cm³/mol. The lowest BCUT2D eigenvalue weighted by atomic mass is 10.2. The van der Waals surface area contributed by atoms with Crippen LogP contribution in [-0.4, -0.2) is 14.5 Å². The molecule has 0 N–H and O–H groups in total. The van der Waals surface area contributed by atoms with Crippen LogP contribution < -0.4 is 0 Å². The molecule has 0 amide bonds. The third-order valence-electron chi connectivity index (χ3n) is 1.81. The average molecular weight is 380 g/mol. The van der Waals surface area contributed by atoms with Crippen LogP contribution in [0, 0.1) is 22.7 Å². The molecule has 0 saturated heterocycles. The number of nitriles is 2. The highest BCUT2D eigenvalue weighted by Gasteiger charge is 2.21. The zero-order chi connectivity index (χ0) is 20.6. The SMILES string of the molecule is F[B-](F)(F)F.F[B-](F)(F)F.N#Cc1ccccc1.N#Cc1ccccc1. The van der Waals surface area contributed by atoms with Crippen LogP contribution in [0.2, 0.25) is 0 Å². The van der Waals surface area contributed by atoms with Crippen LogP contribution >= 0.6 is 0 Å². The van der Waals surface area contributed by atoms with Gasteiger partial charge in [-0.05, 0) is 24.3 Å². The summed E-state index contributed by atoms with van der Waals surface area (Å²) in [5, 5.41) is 16.6. The Hall–Kier alpha value is -3.01. The van der Waals surface area contributed by atoms with E-state index >= 15 is 0 Å². The first-order chi connectivity index (χ1) is 11.9. The lowest BCUT2D eigenvalue weighted by molar-refractivity contribution is 0.366. The maximum atomic E-state index is 9.75. The van der Waals surface area contributed by atoms with Gasteiger partial charge in [-0.25, -0.2) is 0 Å². The van der Waals surface area contributed by atoms with Gasteiger partial charge in [-0.1, -0.05) is 36.4 Å². The summed E-state index contributed by atoms with van der Waals surface area (Å²) in [6.07, 6.45) is 0. The lowest BCUT2D eigenvalue weighted by Gasteiger charge is -1.94. The Bertz CT molecular complexity index is 603. The van der Waals surface area contributed by atoms with Gasteiger partial charge in [-0.15, -0.1) is 0 Å². The van der Waals surface area contributed by atoms with Gasteiger partial charge in [0.05, 0.1) is 23.3 Å². The molecule has 0 saturated carbocycles. The molecule has 2 nitrogen and oxygen atoms in total. The van der Waals surface area contributed by atoms with Gasteiger partial charge in [0, 0.05) is 0 Å².